The molecule has 0 amide bonds. The van der Waals surface area contributed by atoms with Crippen molar-refractivity contribution in [1.82, 2.24) is 10.2 Å². The molecule has 0 radical (unpaired) electrons. The first-order valence-corrected chi connectivity index (χ1v) is 6.17. The number of nitrogen functional groups attached to an aromatic ring is 1. The first-order valence-electron chi connectivity index (χ1n) is 5.41. The van der Waals surface area contributed by atoms with Crippen LogP contribution < -0.4 is 5.73 Å². The van der Waals surface area contributed by atoms with Crippen LogP contribution in [0.2, 0.25) is 10.0 Å². The minimum atomic E-state index is 0.470. The molecule has 3 N–H and O–H groups in total. The van der Waals surface area contributed by atoms with Gasteiger partial charge in [-0.3, -0.25) is 5.10 Å². The second-order valence-corrected chi connectivity index (χ2v) is 4.68. The van der Waals surface area contributed by atoms with Crippen LogP contribution in [-0.4, -0.2) is 10.2 Å². The van der Waals surface area contributed by atoms with Gasteiger partial charge in [0.1, 0.15) is 0 Å². The van der Waals surface area contributed by atoms with E-state index in [0.29, 0.717) is 15.9 Å². The van der Waals surface area contributed by atoms with E-state index >= 15 is 0 Å². The molecular weight excluding hydrogens is 257 g/mol. The highest BCUT2D eigenvalue weighted by Crippen LogP contribution is 2.35. The molecule has 0 saturated heterocycles. The molecular formula is C12H13Cl2N3. The third kappa shape index (κ3) is 2.40. The normalized spacial score (nSPS) is 10.8. The quantitative estimate of drug-likeness (QED) is 0.888. The monoisotopic (exact) mass is 269 g/mol. The van der Waals surface area contributed by atoms with Gasteiger partial charge in [0.15, 0.2) is 5.82 Å². The molecule has 2 rings (SSSR count). The summed E-state index contributed by atoms with van der Waals surface area (Å²) in [7, 11) is 0. The van der Waals surface area contributed by atoms with Gasteiger partial charge in [-0.05, 0) is 18.6 Å². The van der Waals surface area contributed by atoms with Crippen molar-refractivity contribution in [2.24, 2.45) is 0 Å². The summed E-state index contributed by atoms with van der Waals surface area (Å²) in [6, 6.07) is 5.37. The third-order valence-corrected chi connectivity index (χ3v) is 3.12. The van der Waals surface area contributed by atoms with E-state index in [-0.39, 0.29) is 0 Å². The molecule has 0 bridgehead atoms. The Hall–Kier alpha value is -1.19. The minimum absolute atomic E-state index is 0.470. The largest absolute Gasteiger partial charge is 0.382 e. The summed E-state index contributed by atoms with van der Waals surface area (Å²) in [5.74, 6) is 0.470. The van der Waals surface area contributed by atoms with Crippen LogP contribution in [0, 0.1) is 0 Å². The van der Waals surface area contributed by atoms with E-state index in [0.717, 1.165) is 29.7 Å². The number of aromatic nitrogens is 2. The smallest absolute Gasteiger partial charge is 0.153 e. The van der Waals surface area contributed by atoms with Crippen molar-refractivity contribution in [3.8, 4) is 11.1 Å². The molecule has 2 aromatic rings. The van der Waals surface area contributed by atoms with Gasteiger partial charge in [-0.1, -0.05) is 42.6 Å². The molecule has 5 heteroatoms. The van der Waals surface area contributed by atoms with Gasteiger partial charge < -0.3 is 5.73 Å². The van der Waals surface area contributed by atoms with Crippen LogP contribution in [0.3, 0.4) is 0 Å². The van der Waals surface area contributed by atoms with E-state index in [2.05, 4.69) is 17.1 Å². The molecule has 90 valence electrons. The second-order valence-electron chi connectivity index (χ2n) is 3.84. The lowest BCUT2D eigenvalue weighted by molar-refractivity contribution is 0.869. The maximum Gasteiger partial charge on any atom is 0.153 e. The number of aryl methyl sites for hydroxylation is 1. The number of nitrogens with two attached hydrogens (primary N) is 1. The minimum Gasteiger partial charge on any atom is -0.382 e. The Morgan fingerprint density at radius 1 is 1.35 bits per heavy atom. The number of halogens is 2. The van der Waals surface area contributed by atoms with Crippen molar-refractivity contribution < 1.29 is 0 Å². The number of hydrogen-bond acceptors (Lipinski definition) is 2. The van der Waals surface area contributed by atoms with E-state index in [1.165, 1.54) is 0 Å². The lowest BCUT2D eigenvalue weighted by Crippen LogP contribution is -1.91. The van der Waals surface area contributed by atoms with Gasteiger partial charge in [-0.15, -0.1) is 0 Å². The first kappa shape index (κ1) is 12.3. The Bertz CT molecular complexity index is 535. The molecule has 17 heavy (non-hydrogen) atoms. The van der Waals surface area contributed by atoms with E-state index < -0.39 is 0 Å². The zero-order valence-electron chi connectivity index (χ0n) is 9.43. The van der Waals surface area contributed by atoms with Gasteiger partial charge in [0, 0.05) is 21.8 Å². The molecule has 0 saturated carbocycles. The number of nitrogens with zero attached hydrogens (tertiary/aromatic N) is 1. The van der Waals surface area contributed by atoms with Crippen LogP contribution >= 0.6 is 23.2 Å². The van der Waals surface area contributed by atoms with Crippen LogP contribution in [0.15, 0.2) is 18.2 Å². The number of benzene rings is 1. The Morgan fingerprint density at radius 2 is 2.12 bits per heavy atom. The van der Waals surface area contributed by atoms with Crippen LogP contribution in [-0.2, 0) is 6.42 Å². The molecule has 0 aliphatic rings. The molecule has 1 aromatic carbocycles. The van der Waals surface area contributed by atoms with Gasteiger partial charge in [0.25, 0.3) is 0 Å². The first-order chi connectivity index (χ1) is 8.13. The van der Waals surface area contributed by atoms with Gasteiger partial charge >= 0.3 is 0 Å². The lowest BCUT2D eigenvalue weighted by Gasteiger charge is -2.06. The van der Waals surface area contributed by atoms with Crippen LogP contribution in [0.25, 0.3) is 11.1 Å². The molecule has 1 heterocycles. The van der Waals surface area contributed by atoms with Crippen molar-refractivity contribution in [2.45, 2.75) is 19.8 Å². The van der Waals surface area contributed by atoms with Crippen molar-refractivity contribution in [2.75, 3.05) is 5.73 Å². The number of nitrogens with one attached hydrogen (secondary N) is 1. The Morgan fingerprint density at radius 3 is 2.76 bits per heavy atom. The molecule has 0 fully saturated rings. The van der Waals surface area contributed by atoms with Crippen LogP contribution in [0.1, 0.15) is 19.0 Å². The lowest BCUT2D eigenvalue weighted by atomic mass is 10.0. The molecule has 0 aliphatic carbocycles. The van der Waals surface area contributed by atoms with Crippen molar-refractivity contribution in [1.29, 1.82) is 0 Å². The average molecular weight is 270 g/mol. The number of rotatable bonds is 3. The van der Waals surface area contributed by atoms with Crippen molar-refractivity contribution >= 4 is 29.0 Å². The second kappa shape index (κ2) is 4.98. The van der Waals surface area contributed by atoms with Gasteiger partial charge in [0.2, 0.25) is 0 Å². The maximum absolute atomic E-state index is 6.18. The van der Waals surface area contributed by atoms with Gasteiger partial charge in [-0.25, -0.2) is 0 Å². The summed E-state index contributed by atoms with van der Waals surface area (Å²) in [6.45, 7) is 2.10. The summed E-state index contributed by atoms with van der Waals surface area (Å²) < 4.78 is 0. The highest BCUT2D eigenvalue weighted by molar-refractivity contribution is 6.36. The average Bonchev–Trinajstić information content (AvgIpc) is 2.62. The third-order valence-electron chi connectivity index (χ3n) is 2.57. The number of anilines is 1. The standard InChI is InChI=1S/C12H13Cl2N3/c1-2-3-10-11(12(15)17-16-10)8-5-4-7(13)6-9(8)14/h4-6H,2-3H2,1H3,(H3,15,16,17). The summed E-state index contributed by atoms with van der Waals surface area (Å²) in [6.07, 6.45) is 1.90. The fourth-order valence-electron chi connectivity index (χ4n) is 1.82. The van der Waals surface area contributed by atoms with E-state index in [1.54, 1.807) is 12.1 Å². The zero-order valence-corrected chi connectivity index (χ0v) is 10.9. The predicted molar refractivity (Wildman–Crippen MR) is 72.5 cm³/mol. The zero-order chi connectivity index (χ0) is 12.4. The number of H-pyrrole nitrogens is 1. The molecule has 3 nitrogen and oxygen atoms in total. The van der Waals surface area contributed by atoms with E-state index in [9.17, 15) is 0 Å². The van der Waals surface area contributed by atoms with Crippen LogP contribution in [0.4, 0.5) is 5.82 Å². The van der Waals surface area contributed by atoms with E-state index in [4.69, 9.17) is 28.9 Å². The molecule has 0 unspecified atom stereocenters. The number of hydrogen-bond donors (Lipinski definition) is 2. The number of aromatic amines is 1. The summed E-state index contributed by atoms with van der Waals surface area (Å²) in [4.78, 5) is 0. The van der Waals surface area contributed by atoms with Crippen LogP contribution in [0.5, 0.6) is 0 Å². The van der Waals surface area contributed by atoms with E-state index in [1.807, 2.05) is 6.07 Å². The Labute approximate surface area is 110 Å². The molecule has 0 aliphatic heterocycles. The predicted octanol–water partition coefficient (Wildman–Crippen LogP) is 3.92. The summed E-state index contributed by atoms with van der Waals surface area (Å²) in [5.41, 5.74) is 8.63. The fraction of sp³-hybridized carbons (Fsp3) is 0.250. The highest BCUT2D eigenvalue weighted by atomic mass is 35.5. The SMILES string of the molecule is CCCc1[nH]nc(N)c1-c1ccc(Cl)cc1Cl. The summed E-state index contributed by atoms with van der Waals surface area (Å²) >= 11 is 12.1. The maximum atomic E-state index is 6.18. The Balaban J connectivity index is 2.55. The van der Waals surface area contributed by atoms with Gasteiger partial charge in [-0.2, -0.15) is 5.10 Å². The molecule has 0 atom stereocenters. The summed E-state index contributed by atoms with van der Waals surface area (Å²) in [5, 5.41) is 8.18. The molecule has 1 aromatic heterocycles. The highest BCUT2D eigenvalue weighted by Gasteiger charge is 2.15. The molecule has 0 spiro atoms. The fourth-order valence-corrected chi connectivity index (χ4v) is 2.32. The topological polar surface area (TPSA) is 54.7 Å². The Kier molecular flexibility index (Phi) is 3.60. The van der Waals surface area contributed by atoms with Crippen molar-refractivity contribution in [3.63, 3.8) is 0 Å². The van der Waals surface area contributed by atoms with Crippen molar-refractivity contribution in [3.05, 3.63) is 33.9 Å². The van der Waals surface area contributed by atoms with Gasteiger partial charge in [0.05, 0.1) is 5.02 Å².